The van der Waals surface area contributed by atoms with Gasteiger partial charge in [0, 0.05) is 30.5 Å². The van der Waals surface area contributed by atoms with Gasteiger partial charge in [0.2, 0.25) is 5.91 Å². The van der Waals surface area contributed by atoms with E-state index in [9.17, 15) is 48.2 Å². The van der Waals surface area contributed by atoms with Crippen LogP contribution < -0.4 is 26.8 Å². The number of anilines is 1. The maximum Gasteiger partial charge on any atom is 0.489 e. The Morgan fingerprint density at radius 1 is 1.09 bits per heavy atom. The van der Waals surface area contributed by atoms with Crippen molar-refractivity contribution in [2.24, 2.45) is 0 Å². The molecule has 3 saturated heterocycles. The lowest BCUT2D eigenvalue weighted by molar-refractivity contribution is -0.121. The number of hydrogen-bond acceptors (Lipinski definition) is 17. The van der Waals surface area contributed by atoms with Crippen LogP contribution in [0.25, 0.3) is 11.2 Å². The summed E-state index contributed by atoms with van der Waals surface area (Å²) in [5, 5.41) is 31.8. The second-order valence-electron chi connectivity index (χ2n) is 12.5. The number of carbonyl (C=O) groups excluding carboxylic acids is 2. The molecule has 0 bridgehead atoms. The SMILES string of the molecule is CN(CCCNC(=O)CC[C@@H]1SC[C@@H]2NC(=O)N[C@@H]21)CCCNP(=O)(O)OP(=O)(O)OP(=O)(O)OC[C@H]1O[C@@H](n2cnc3c(N)ncnc32)C(O)[C@H]1O. The second-order valence-corrected chi connectivity index (χ2v) is 18.5. The van der Waals surface area contributed by atoms with Crippen LogP contribution >= 0.6 is 35.2 Å². The molecule has 5 rings (SSSR count). The Hall–Kier alpha value is -2.31. The number of aliphatic hydroxyl groups is 2. The van der Waals surface area contributed by atoms with Crippen LogP contribution in [0.15, 0.2) is 12.7 Å². The minimum absolute atomic E-state index is 0.0379. The van der Waals surface area contributed by atoms with Crippen molar-refractivity contribution in [1.29, 1.82) is 0 Å². The number of fused-ring (bicyclic) bond motifs is 2. The van der Waals surface area contributed by atoms with Crippen molar-refractivity contribution in [3.05, 3.63) is 12.7 Å². The molecule has 11 N–H and O–H groups in total. The topological polar surface area (TPSA) is 344 Å². The van der Waals surface area contributed by atoms with Crippen molar-refractivity contribution in [3.8, 4) is 0 Å². The van der Waals surface area contributed by atoms with E-state index in [-0.39, 0.29) is 59.2 Å². The third kappa shape index (κ3) is 11.4. The van der Waals surface area contributed by atoms with Gasteiger partial charge in [-0.05, 0) is 39.4 Å². The smallest absolute Gasteiger partial charge is 0.387 e. The van der Waals surface area contributed by atoms with E-state index in [2.05, 4.69) is 49.1 Å². The third-order valence-electron chi connectivity index (χ3n) is 8.48. The normalized spacial score (nSPS) is 29.0. The van der Waals surface area contributed by atoms with Crippen LogP contribution in [-0.4, -0.2) is 142 Å². The van der Waals surface area contributed by atoms with Crippen molar-refractivity contribution in [2.45, 2.75) is 67.6 Å². The highest BCUT2D eigenvalue weighted by Crippen LogP contribution is 2.66. The van der Waals surface area contributed by atoms with Crippen molar-refractivity contribution in [2.75, 3.05) is 51.3 Å². The summed E-state index contributed by atoms with van der Waals surface area (Å²) in [4.78, 5) is 67.4. The number of hydrogen-bond donors (Lipinski definition) is 10. The Bertz CT molecular complexity index is 1760. The van der Waals surface area contributed by atoms with Gasteiger partial charge in [-0.15, -0.1) is 0 Å². The highest BCUT2D eigenvalue weighted by Gasteiger charge is 2.47. The highest BCUT2D eigenvalue weighted by molar-refractivity contribution is 8.00. The molecule has 3 fully saturated rings. The molecular formula is C25H43N10O14P3S. The number of imidazole rings is 1. The Labute approximate surface area is 306 Å². The van der Waals surface area contributed by atoms with Crippen LogP contribution in [0.1, 0.15) is 31.9 Å². The first-order valence-corrected chi connectivity index (χ1v) is 21.9. The minimum Gasteiger partial charge on any atom is -0.387 e. The average Bonchev–Trinajstić information content (AvgIpc) is 3.82. The van der Waals surface area contributed by atoms with Gasteiger partial charge in [0.1, 0.15) is 30.2 Å². The lowest BCUT2D eigenvalue weighted by Gasteiger charge is -2.21. The zero-order valence-corrected chi connectivity index (χ0v) is 31.7. The molecule has 0 radical (unpaired) electrons. The number of nitrogens with two attached hydrogens (primary N) is 1. The Kier molecular flexibility index (Phi) is 13.9. The number of phosphoric acid groups is 2. The molecule has 28 heteroatoms. The van der Waals surface area contributed by atoms with Crippen LogP contribution in [0, 0.1) is 0 Å². The Morgan fingerprint density at radius 3 is 2.58 bits per heavy atom. The van der Waals surface area contributed by atoms with E-state index >= 15 is 0 Å². The van der Waals surface area contributed by atoms with Crippen LogP contribution in [0.4, 0.5) is 10.6 Å². The average molecular weight is 833 g/mol. The van der Waals surface area contributed by atoms with E-state index in [4.69, 9.17) is 10.5 Å². The quantitative estimate of drug-likeness (QED) is 0.0423. The first kappa shape index (κ1) is 41.8. The van der Waals surface area contributed by atoms with E-state index in [0.717, 1.165) is 12.1 Å². The summed E-state index contributed by atoms with van der Waals surface area (Å²) < 4.78 is 56.9. The molecule has 3 amide bonds. The fraction of sp³-hybridized carbons (Fsp3) is 0.720. The van der Waals surface area contributed by atoms with Gasteiger partial charge in [0.15, 0.2) is 17.7 Å². The summed E-state index contributed by atoms with van der Waals surface area (Å²) in [6, 6.07) is -0.0331. The predicted molar refractivity (Wildman–Crippen MR) is 186 cm³/mol. The molecule has 3 aliphatic heterocycles. The molecule has 0 spiro atoms. The largest absolute Gasteiger partial charge is 0.489 e. The Morgan fingerprint density at radius 2 is 1.83 bits per heavy atom. The number of rotatable bonds is 20. The second kappa shape index (κ2) is 17.7. The lowest BCUT2D eigenvalue weighted by Crippen LogP contribution is -2.37. The first-order chi connectivity index (χ1) is 24.9. The maximum atomic E-state index is 12.4. The summed E-state index contributed by atoms with van der Waals surface area (Å²) >= 11 is 1.74. The monoisotopic (exact) mass is 832 g/mol. The van der Waals surface area contributed by atoms with Crippen LogP contribution in [0.3, 0.4) is 0 Å². The molecule has 5 heterocycles. The number of aromatic nitrogens is 4. The Balaban J connectivity index is 0.950. The predicted octanol–water partition coefficient (Wildman–Crippen LogP) is -1.26. The molecule has 3 aliphatic rings. The minimum atomic E-state index is -5.69. The molecule has 2 aromatic heterocycles. The van der Waals surface area contributed by atoms with Crippen LogP contribution in [-0.2, 0) is 36.4 Å². The van der Waals surface area contributed by atoms with Gasteiger partial charge in [-0.2, -0.15) is 20.4 Å². The van der Waals surface area contributed by atoms with E-state index in [1.807, 2.05) is 4.90 Å². The number of carbonyl (C=O) groups is 2. The molecule has 4 unspecified atom stereocenters. The number of nitrogens with one attached hydrogen (secondary N) is 4. The molecule has 10 atom stereocenters. The zero-order chi connectivity index (χ0) is 38.6. The van der Waals surface area contributed by atoms with Crippen molar-refractivity contribution in [3.63, 3.8) is 0 Å². The third-order valence-corrected chi connectivity index (χ3v) is 14.5. The van der Waals surface area contributed by atoms with Crippen molar-refractivity contribution < 1.29 is 66.1 Å². The van der Waals surface area contributed by atoms with E-state index in [1.54, 1.807) is 18.8 Å². The van der Waals surface area contributed by atoms with Crippen LogP contribution in [0.5, 0.6) is 0 Å². The van der Waals surface area contributed by atoms with Gasteiger partial charge in [-0.3, -0.25) is 13.9 Å². The summed E-state index contributed by atoms with van der Waals surface area (Å²) in [5.41, 5.74) is 6.10. The van der Waals surface area contributed by atoms with Gasteiger partial charge in [-0.1, -0.05) is 0 Å². The molecule has 24 nitrogen and oxygen atoms in total. The first-order valence-electron chi connectivity index (χ1n) is 16.3. The number of ether oxygens (including phenoxy) is 1. The molecule has 0 aromatic carbocycles. The number of thioether (sulfide) groups is 1. The van der Waals surface area contributed by atoms with Crippen molar-refractivity contribution in [1.82, 2.24) is 45.5 Å². The fourth-order valence-corrected chi connectivity index (χ4v) is 11.2. The van der Waals surface area contributed by atoms with Crippen LogP contribution in [0.2, 0.25) is 0 Å². The lowest BCUT2D eigenvalue weighted by atomic mass is 10.0. The molecule has 2 aromatic rings. The highest BCUT2D eigenvalue weighted by atomic mass is 32.2. The van der Waals surface area contributed by atoms with E-state index < -0.39 is 54.5 Å². The number of amides is 3. The van der Waals surface area contributed by atoms with Gasteiger partial charge in [-0.25, -0.2) is 38.5 Å². The van der Waals surface area contributed by atoms with Gasteiger partial charge in [0.05, 0.1) is 25.0 Å². The van der Waals surface area contributed by atoms with Crippen molar-refractivity contribution >= 4 is 64.1 Å². The number of phosphoric ester groups is 1. The summed E-state index contributed by atoms with van der Waals surface area (Å²) in [6.07, 6.45) is -1.78. The van der Waals surface area contributed by atoms with Gasteiger partial charge in [0.25, 0.3) is 0 Å². The molecule has 0 saturated carbocycles. The number of urea groups is 1. The van der Waals surface area contributed by atoms with Gasteiger partial charge >= 0.3 is 29.4 Å². The zero-order valence-electron chi connectivity index (χ0n) is 28.2. The molecule has 298 valence electrons. The molecule has 53 heavy (non-hydrogen) atoms. The summed E-state index contributed by atoms with van der Waals surface area (Å²) in [5.74, 6) is 0.783. The van der Waals surface area contributed by atoms with Gasteiger partial charge < -0.3 is 56.2 Å². The maximum absolute atomic E-state index is 12.4. The number of nitrogens with zero attached hydrogens (tertiary/aromatic N) is 5. The summed E-state index contributed by atoms with van der Waals surface area (Å²) in [7, 11) is -14.4. The van der Waals surface area contributed by atoms with E-state index in [1.165, 1.54) is 10.9 Å². The molecule has 0 aliphatic carbocycles. The summed E-state index contributed by atoms with van der Waals surface area (Å²) in [6.45, 7) is 0.357. The standard InChI is InChI=1S/C25H43N10O14P3S/c1-34(8-2-6-27-17(36)5-4-16-18-14(11-53-16)32-25(39)33-18)9-3-7-31-50(40,41)48-52(44,45)49-51(42,43)46-10-15-20(37)21(38)24(47-15)35-13-30-19-22(26)28-12-29-23(19)35/h12-16,18,20-21,24,37-38H,2-11H2,1H3,(H,27,36)(H,42,43)(H,44,45)(H2,26,28,29)(H2,31,40,41)(H2,32,33,39)/t14-,15+,16-,18-,20-,21?,24+/m0/s1. The molecular weight excluding hydrogens is 789 g/mol. The fourth-order valence-electron chi connectivity index (χ4n) is 5.92. The number of aliphatic hydroxyl groups excluding tert-OH is 2. The number of nitrogen functional groups attached to an aromatic ring is 1. The van der Waals surface area contributed by atoms with E-state index in [0.29, 0.717) is 38.9 Å².